The molecule has 3 rings (SSSR count). The molecule has 90 valence electrons. The molecule has 5 heteroatoms. The van der Waals surface area contributed by atoms with Crippen molar-refractivity contribution < 1.29 is 0 Å². The summed E-state index contributed by atoms with van der Waals surface area (Å²) in [5, 5.41) is 11.8. The van der Waals surface area contributed by atoms with E-state index in [1.165, 1.54) is 12.8 Å². The van der Waals surface area contributed by atoms with E-state index in [1.54, 1.807) is 0 Å². The number of hydrogen-bond donors (Lipinski definition) is 1. The summed E-state index contributed by atoms with van der Waals surface area (Å²) in [5.74, 6) is 1.01. The van der Waals surface area contributed by atoms with Gasteiger partial charge < -0.3 is 0 Å². The third-order valence-electron chi connectivity index (χ3n) is 3.22. The Morgan fingerprint density at radius 3 is 2.94 bits per heavy atom. The number of H-pyrrole nitrogens is 1. The van der Waals surface area contributed by atoms with Gasteiger partial charge in [0.05, 0.1) is 11.1 Å². The molecule has 0 saturated heterocycles. The summed E-state index contributed by atoms with van der Waals surface area (Å²) in [6, 6.07) is 0. The van der Waals surface area contributed by atoms with E-state index < -0.39 is 0 Å². The lowest BCUT2D eigenvalue weighted by Gasteiger charge is -2.02. The SMILES string of the molecule is CC(C)c1n[nH]c(=O)c2cn(CC3CC3)nc12. The Morgan fingerprint density at radius 1 is 1.53 bits per heavy atom. The van der Waals surface area contributed by atoms with Gasteiger partial charge >= 0.3 is 0 Å². The number of aromatic nitrogens is 4. The van der Waals surface area contributed by atoms with Crippen LogP contribution in [0.1, 0.15) is 38.3 Å². The van der Waals surface area contributed by atoms with E-state index in [9.17, 15) is 4.79 Å². The maximum absolute atomic E-state index is 11.7. The summed E-state index contributed by atoms with van der Waals surface area (Å²) in [7, 11) is 0. The van der Waals surface area contributed by atoms with Crippen molar-refractivity contribution in [1.29, 1.82) is 0 Å². The van der Waals surface area contributed by atoms with Gasteiger partial charge in [-0.1, -0.05) is 13.8 Å². The van der Waals surface area contributed by atoms with Crippen LogP contribution in [0.15, 0.2) is 11.0 Å². The van der Waals surface area contributed by atoms with E-state index in [0.29, 0.717) is 5.39 Å². The number of nitrogens with zero attached hydrogens (tertiary/aromatic N) is 3. The zero-order valence-electron chi connectivity index (χ0n) is 10.1. The largest absolute Gasteiger partial charge is 0.275 e. The molecule has 1 fully saturated rings. The molecule has 0 radical (unpaired) electrons. The minimum Gasteiger partial charge on any atom is -0.271 e. The predicted octanol–water partition coefficient (Wildman–Crippen LogP) is 1.65. The number of nitrogens with one attached hydrogen (secondary N) is 1. The smallest absolute Gasteiger partial charge is 0.271 e. The molecular weight excluding hydrogens is 216 g/mol. The molecule has 0 aromatic carbocycles. The number of hydrogen-bond acceptors (Lipinski definition) is 3. The quantitative estimate of drug-likeness (QED) is 0.875. The molecule has 2 heterocycles. The van der Waals surface area contributed by atoms with Gasteiger partial charge in [-0.05, 0) is 24.7 Å². The first-order chi connectivity index (χ1) is 8.15. The van der Waals surface area contributed by atoms with Gasteiger partial charge in [0, 0.05) is 12.7 Å². The second kappa shape index (κ2) is 3.68. The zero-order chi connectivity index (χ0) is 12.0. The molecule has 2 aromatic heterocycles. The highest BCUT2D eigenvalue weighted by Crippen LogP contribution is 2.30. The van der Waals surface area contributed by atoms with Crippen molar-refractivity contribution in [3.05, 3.63) is 22.2 Å². The van der Waals surface area contributed by atoms with Gasteiger partial charge in [-0.15, -0.1) is 0 Å². The Bertz CT molecular complexity index is 606. The summed E-state index contributed by atoms with van der Waals surface area (Å²) in [6.45, 7) is 5.03. The molecule has 1 N–H and O–H groups in total. The van der Waals surface area contributed by atoms with Crippen LogP contribution in [0.3, 0.4) is 0 Å². The lowest BCUT2D eigenvalue weighted by molar-refractivity contribution is 0.567. The van der Waals surface area contributed by atoms with Gasteiger partial charge in [0.1, 0.15) is 5.52 Å². The third-order valence-corrected chi connectivity index (χ3v) is 3.22. The van der Waals surface area contributed by atoms with Crippen molar-refractivity contribution >= 4 is 10.9 Å². The van der Waals surface area contributed by atoms with Gasteiger partial charge in [0.15, 0.2) is 0 Å². The first-order valence-corrected chi connectivity index (χ1v) is 6.11. The molecule has 0 aliphatic heterocycles. The van der Waals surface area contributed by atoms with E-state index in [-0.39, 0.29) is 11.5 Å². The van der Waals surface area contributed by atoms with Crippen molar-refractivity contribution in [2.24, 2.45) is 5.92 Å². The summed E-state index contributed by atoms with van der Waals surface area (Å²) in [4.78, 5) is 11.7. The van der Waals surface area contributed by atoms with Crippen LogP contribution in [-0.2, 0) is 6.54 Å². The Balaban J connectivity index is 2.14. The van der Waals surface area contributed by atoms with Crippen molar-refractivity contribution in [3.63, 3.8) is 0 Å². The second-order valence-electron chi connectivity index (χ2n) is 5.15. The molecule has 2 aromatic rings. The number of rotatable bonds is 3. The Kier molecular flexibility index (Phi) is 2.28. The van der Waals surface area contributed by atoms with Crippen molar-refractivity contribution in [1.82, 2.24) is 20.0 Å². The van der Waals surface area contributed by atoms with E-state index in [0.717, 1.165) is 23.7 Å². The van der Waals surface area contributed by atoms with Crippen LogP contribution in [0.5, 0.6) is 0 Å². The highest BCUT2D eigenvalue weighted by atomic mass is 16.1. The monoisotopic (exact) mass is 232 g/mol. The molecule has 0 spiro atoms. The first kappa shape index (κ1) is 10.5. The third kappa shape index (κ3) is 1.85. The van der Waals surface area contributed by atoms with Crippen LogP contribution in [0.25, 0.3) is 10.9 Å². The molecule has 0 amide bonds. The van der Waals surface area contributed by atoms with Gasteiger partial charge in [-0.2, -0.15) is 10.2 Å². The highest BCUT2D eigenvalue weighted by molar-refractivity contribution is 5.79. The van der Waals surface area contributed by atoms with Crippen molar-refractivity contribution in [2.75, 3.05) is 0 Å². The summed E-state index contributed by atoms with van der Waals surface area (Å²) >= 11 is 0. The molecule has 0 unspecified atom stereocenters. The summed E-state index contributed by atoms with van der Waals surface area (Å²) in [5.41, 5.74) is 1.48. The minimum absolute atomic E-state index is 0.147. The lowest BCUT2D eigenvalue weighted by Crippen LogP contribution is -2.10. The van der Waals surface area contributed by atoms with Crippen LogP contribution < -0.4 is 5.56 Å². The van der Waals surface area contributed by atoms with Crippen LogP contribution in [0, 0.1) is 5.92 Å². The normalized spacial score (nSPS) is 15.9. The maximum atomic E-state index is 11.7. The van der Waals surface area contributed by atoms with E-state index in [4.69, 9.17) is 0 Å². The highest BCUT2D eigenvalue weighted by Gasteiger charge is 2.23. The van der Waals surface area contributed by atoms with Crippen LogP contribution >= 0.6 is 0 Å². The Labute approximate surface area is 98.8 Å². The summed E-state index contributed by atoms with van der Waals surface area (Å²) in [6.07, 6.45) is 4.41. The van der Waals surface area contributed by atoms with Crippen molar-refractivity contribution in [2.45, 2.75) is 39.2 Å². The lowest BCUT2D eigenvalue weighted by atomic mass is 10.1. The average molecular weight is 232 g/mol. The van der Waals surface area contributed by atoms with E-state index in [2.05, 4.69) is 29.1 Å². The van der Waals surface area contributed by atoms with Crippen LogP contribution in [0.4, 0.5) is 0 Å². The molecule has 0 atom stereocenters. The molecule has 0 bridgehead atoms. The molecule has 1 aliphatic carbocycles. The fraction of sp³-hybridized carbons (Fsp3) is 0.583. The fourth-order valence-electron chi connectivity index (χ4n) is 2.06. The van der Waals surface area contributed by atoms with Crippen molar-refractivity contribution in [3.8, 4) is 0 Å². The zero-order valence-corrected chi connectivity index (χ0v) is 10.1. The predicted molar refractivity (Wildman–Crippen MR) is 65.0 cm³/mol. The minimum atomic E-state index is -0.147. The molecule has 5 nitrogen and oxygen atoms in total. The van der Waals surface area contributed by atoms with Gasteiger partial charge in [-0.25, -0.2) is 5.10 Å². The number of fused-ring (bicyclic) bond motifs is 1. The van der Waals surface area contributed by atoms with E-state index >= 15 is 0 Å². The average Bonchev–Trinajstić information content (AvgIpc) is 2.96. The second-order valence-corrected chi connectivity index (χ2v) is 5.15. The standard InChI is InChI=1S/C12H16N4O/c1-7(2)10-11-9(12(17)14-13-10)6-16(15-11)5-8-3-4-8/h6-8H,3-5H2,1-2H3,(H,14,17). The molecular formula is C12H16N4O. The first-order valence-electron chi connectivity index (χ1n) is 6.11. The molecule has 17 heavy (non-hydrogen) atoms. The van der Waals surface area contributed by atoms with Gasteiger partial charge in [0.25, 0.3) is 5.56 Å². The molecule has 1 aliphatic rings. The van der Waals surface area contributed by atoms with E-state index in [1.807, 2.05) is 10.9 Å². The summed E-state index contributed by atoms with van der Waals surface area (Å²) < 4.78 is 1.89. The fourth-order valence-corrected chi connectivity index (χ4v) is 2.06. The van der Waals surface area contributed by atoms with Gasteiger partial charge in [-0.3, -0.25) is 9.48 Å². The van der Waals surface area contributed by atoms with Crippen LogP contribution in [-0.4, -0.2) is 20.0 Å². The molecule has 1 saturated carbocycles. The van der Waals surface area contributed by atoms with Crippen LogP contribution in [0.2, 0.25) is 0 Å². The Morgan fingerprint density at radius 2 is 2.29 bits per heavy atom. The van der Waals surface area contributed by atoms with Gasteiger partial charge in [0.2, 0.25) is 0 Å². The maximum Gasteiger partial charge on any atom is 0.275 e. The number of aromatic amines is 1. The Hall–Kier alpha value is -1.65. The topological polar surface area (TPSA) is 63.6 Å².